The van der Waals surface area contributed by atoms with Gasteiger partial charge in [-0.3, -0.25) is 4.79 Å². The molecule has 0 aliphatic rings. The van der Waals surface area contributed by atoms with Crippen LogP contribution in [0.5, 0.6) is 0 Å². The third-order valence-electron chi connectivity index (χ3n) is 2.36. The van der Waals surface area contributed by atoms with E-state index in [9.17, 15) is 13.2 Å². The van der Waals surface area contributed by atoms with Crippen LogP contribution in [0.25, 0.3) is 6.08 Å². The van der Waals surface area contributed by atoms with Crippen molar-refractivity contribution in [1.29, 1.82) is 0 Å². The van der Waals surface area contributed by atoms with Gasteiger partial charge >= 0.3 is 5.97 Å². The molecule has 0 atom stereocenters. The summed E-state index contributed by atoms with van der Waals surface area (Å²) in [5.41, 5.74) is 0.804. The summed E-state index contributed by atoms with van der Waals surface area (Å²) in [5, 5.41) is 9.54. The van der Waals surface area contributed by atoms with Gasteiger partial charge in [-0.1, -0.05) is 30.3 Å². The average molecular weight is 283 g/mol. The van der Waals surface area contributed by atoms with E-state index in [2.05, 4.69) is 4.72 Å². The predicted molar refractivity (Wildman–Crippen MR) is 73.9 cm³/mol. The lowest BCUT2D eigenvalue weighted by Crippen LogP contribution is -2.22. The molecule has 0 aromatic heterocycles. The minimum absolute atomic E-state index is 0.0571. The second kappa shape index (κ2) is 7.70. The summed E-state index contributed by atoms with van der Waals surface area (Å²) in [6, 6.07) is 9.11. The van der Waals surface area contributed by atoms with Crippen molar-refractivity contribution in [3.8, 4) is 0 Å². The molecule has 104 valence electrons. The molecule has 0 spiro atoms. The number of benzene rings is 1. The second-order valence-electron chi connectivity index (χ2n) is 4.00. The Hall–Kier alpha value is -1.66. The molecule has 0 fully saturated rings. The normalized spacial score (nSPS) is 11.8. The largest absolute Gasteiger partial charge is 0.481 e. The number of nitrogens with one attached hydrogen (secondary N) is 1. The summed E-state index contributed by atoms with van der Waals surface area (Å²) in [5.74, 6) is -0.869. The summed E-state index contributed by atoms with van der Waals surface area (Å²) in [6.45, 7) is 0.245. The van der Waals surface area contributed by atoms with Crippen LogP contribution in [0.15, 0.2) is 35.7 Å². The van der Waals surface area contributed by atoms with Gasteiger partial charge < -0.3 is 5.11 Å². The van der Waals surface area contributed by atoms with Gasteiger partial charge in [0.2, 0.25) is 10.0 Å². The van der Waals surface area contributed by atoms with Crippen molar-refractivity contribution in [3.63, 3.8) is 0 Å². The minimum Gasteiger partial charge on any atom is -0.481 e. The van der Waals surface area contributed by atoms with Crippen LogP contribution in [-0.4, -0.2) is 26.0 Å². The van der Waals surface area contributed by atoms with Crippen LogP contribution in [-0.2, 0) is 14.8 Å². The molecule has 2 N–H and O–H groups in total. The molecule has 0 aliphatic carbocycles. The third-order valence-corrected chi connectivity index (χ3v) is 3.46. The van der Waals surface area contributed by atoms with Crippen molar-refractivity contribution < 1.29 is 18.3 Å². The Kier molecular flexibility index (Phi) is 6.24. The summed E-state index contributed by atoms with van der Waals surface area (Å²) < 4.78 is 25.6. The topological polar surface area (TPSA) is 83.5 Å². The lowest BCUT2D eigenvalue weighted by molar-refractivity contribution is -0.137. The fourth-order valence-corrected chi connectivity index (χ4v) is 2.26. The van der Waals surface area contributed by atoms with E-state index < -0.39 is 16.0 Å². The van der Waals surface area contributed by atoms with E-state index in [1.807, 2.05) is 18.2 Å². The quantitative estimate of drug-likeness (QED) is 0.713. The minimum atomic E-state index is -3.46. The van der Waals surface area contributed by atoms with Gasteiger partial charge in [0.1, 0.15) is 0 Å². The summed E-state index contributed by atoms with van der Waals surface area (Å²) >= 11 is 0. The molecule has 0 unspecified atom stereocenters. The van der Waals surface area contributed by atoms with Gasteiger partial charge in [-0.15, -0.1) is 0 Å². The number of hydrogen-bond acceptors (Lipinski definition) is 3. The number of sulfonamides is 1. The molecule has 0 saturated heterocycles. The van der Waals surface area contributed by atoms with Gasteiger partial charge in [-0.25, -0.2) is 13.1 Å². The lowest BCUT2D eigenvalue weighted by atomic mass is 10.2. The lowest BCUT2D eigenvalue weighted by Gasteiger charge is -2.01. The Bertz CT molecular complexity index is 523. The first kappa shape index (κ1) is 15.4. The highest BCUT2D eigenvalue weighted by Gasteiger charge is 2.04. The van der Waals surface area contributed by atoms with Crippen LogP contribution in [0.1, 0.15) is 24.8 Å². The highest BCUT2D eigenvalue weighted by Crippen LogP contribution is 2.03. The number of carbonyl (C=O) groups is 1. The van der Waals surface area contributed by atoms with Crippen LogP contribution in [0.2, 0.25) is 0 Å². The van der Waals surface area contributed by atoms with Crippen LogP contribution in [0.3, 0.4) is 0 Å². The molecule has 6 heteroatoms. The first-order valence-electron chi connectivity index (χ1n) is 5.94. The fourth-order valence-electron chi connectivity index (χ4n) is 1.40. The Morgan fingerprint density at radius 1 is 1.21 bits per heavy atom. The van der Waals surface area contributed by atoms with E-state index in [-0.39, 0.29) is 13.0 Å². The Balaban J connectivity index is 2.36. The molecular weight excluding hydrogens is 266 g/mol. The van der Waals surface area contributed by atoms with Gasteiger partial charge in [-0.05, 0) is 24.5 Å². The third kappa shape index (κ3) is 7.38. The number of carboxylic acid groups (broad SMARTS) is 1. The molecular formula is C13H17NO4S. The van der Waals surface area contributed by atoms with E-state index >= 15 is 0 Å². The zero-order chi connectivity index (χ0) is 14.1. The smallest absolute Gasteiger partial charge is 0.303 e. The monoisotopic (exact) mass is 283 g/mol. The van der Waals surface area contributed by atoms with Crippen molar-refractivity contribution in [2.24, 2.45) is 0 Å². The molecule has 1 rings (SSSR count). The summed E-state index contributed by atoms with van der Waals surface area (Å²) in [6.07, 6.45) is 2.53. The van der Waals surface area contributed by atoms with Crippen LogP contribution in [0, 0.1) is 0 Å². The maximum absolute atomic E-state index is 11.6. The van der Waals surface area contributed by atoms with Crippen molar-refractivity contribution >= 4 is 22.1 Å². The van der Waals surface area contributed by atoms with Gasteiger partial charge in [0.05, 0.1) is 0 Å². The number of aliphatic carboxylic acids is 1. The van der Waals surface area contributed by atoms with Crippen molar-refractivity contribution in [2.45, 2.75) is 19.3 Å². The maximum atomic E-state index is 11.6. The molecule has 0 amide bonds. The predicted octanol–water partition coefficient (Wildman–Crippen LogP) is 1.83. The molecule has 19 heavy (non-hydrogen) atoms. The molecule has 1 aromatic rings. The maximum Gasteiger partial charge on any atom is 0.303 e. The standard InChI is InChI=1S/C13H17NO4S/c15-13(16)8-4-5-10-14-19(17,18)11-9-12-6-2-1-3-7-12/h1-3,6-7,9,11,14H,4-5,8,10H2,(H,15,16)/b11-9-. The van der Waals surface area contributed by atoms with Crippen LogP contribution < -0.4 is 4.72 Å². The highest BCUT2D eigenvalue weighted by atomic mass is 32.2. The van der Waals surface area contributed by atoms with E-state index in [1.54, 1.807) is 12.1 Å². The molecule has 0 heterocycles. The number of carboxylic acids is 1. The molecule has 1 aromatic carbocycles. The second-order valence-corrected chi connectivity index (χ2v) is 5.65. The van der Waals surface area contributed by atoms with E-state index in [4.69, 9.17) is 5.11 Å². The van der Waals surface area contributed by atoms with Crippen molar-refractivity contribution in [3.05, 3.63) is 41.3 Å². The van der Waals surface area contributed by atoms with Crippen LogP contribution in [0.4, 0.5) is 0 Å². The Labute approximate surface area is 113 Å². The summed E-state index contributed by atoms with van der Waals surface area (Å²) in [4.78, 5) is 10.3. The van der Waals surface area contributed by atoms with Gasteiger partial charge in [0, 0.05) is 18.4 Å². The van der Waals surface area contributed by atoms with E-state index in [0.29, 0.717) is 12.8 Å². The Morgan fingerprint density at radius 3 is 2.53 bits per heavy atom. The van der Waals surface area contributed by atoms with Gasteiger partial charge in [-0.2, -0.15) is 0 Å². The SMILES string of the molecule is O=C(O)CCCCNS(=O)(=O)/C=C\c1ccccc1. The van der Waals surface area contributed by atoms with Crippen LogP contribution >= 0.6 is 0 Å². The zero-order valence-electron chi connectivity index (χ0n) is 10.5. The van der Waals surface area contributed by atoms with Crippen molar-refractivity contribution in [2.75, 3.05) is 6.54 Å². The average Bonchev–Trinajstić information content (AvgIpc) is 2.37. The zero-order valence-corrected chi connectivity index (χ0v) is 11.3. The van der Waals surface area contributed by atoms with E-state index in [0.717, 1.165) is 11.0 Å². The van der Waals surface area contributed by atoms with Gasteiger partial charge in [0.25, 0.3) is 0 Å². The highest BCUT2D eigenvalue weighted by molar-refractivity contribution is 7.92. The molecule has 0 bridgehead atoms. The first-order chi connectivity index (χ1) is 8.99. The molecule has 5 nitrogen and oxygen atoms in total. The molecule has 0 aliphatic heterocycles. The van der Waals surface area contributed by atoms with Gasteiger partial charge in [0.15, 0.2) is 0 Å². The first-order valence-corrected chi connectivity index (χ1v) is 7.49. The number of hydrogen-bond donors (Lipinski definition) is 2. The number of rotatable bonds is 8. The molecule has 0 saturated carbocycles. The summed E-state index contributed by atoms with van der Waals surface area (Å²) in [7, 11) is -3.46. The number of unbranched alkanes of at least 4 members (excludes halogenated alkanes) is 1. The van der Waals surface area contributed by atoms with E-state index in [1.165, 1.54) is 6.08 Å². The molecule has 0 radical (unpaired) electrons. The fraction of sp³-hybridized carbons (Fsp3) is 0.308. The van der Waals surface area contributed by atoms with Crippen molar-refractivity contribution in [1.82, 2.24) is 4.72 Å². The Morgan fingerprint density at radius 2 is 1.89 bits per heavy atom.